The zero-order valence-electron chi connectivity index (χ0n) is 10.6. The van der Waals surface area contributed by atoms with Crippen LogP contribution >= 0.6 is 0 Å². The minimum Gasteiger partial charge on any atom is -0.313 e. The lowest BCUT2D eigenvalue weighted by molar-refractivity contribution is 0.514. The largest absolute Gasteiger partial charge is 0.313 e. The van der Waals surface area contributed by atoms with Gasteiger partial charge in [0.1, 0.15) is 0 Å². The summed E-state index contributed by atoms with van der Waals surface area (Å²) in [6, 6.07) is 0.378. The van der Waals surface area contributed by atoms with Gasteiger partial charge in [0.05, 0.1) is 17.9 Å². The Morgan fingerprint density at radius 1 is 1.35 bits per heavy atom. The van der Waals surface area contributed by atoms with Gasteiger partial charge in [0, 0.05) is 24.0 Å². The summed E-state index contributed by atoms with van der Waals surface area (Å²) in [5, 5.41) is 7.73. The van der Waals surface area contributed by atoms with Crippen molar-refractivity contribution >= 4 is 5.52 Å². The zero-order valence-corrected chi connectivity index (χ0v) is 10.6. The summed E-state index contributed by atoms with van der Waals surface area (Å²) in [4.78, 5) is 4.17. The van der Waals surface area contributed by atoms with Gasteiger partial charge in [0.2, 0.25) is 0 Å². The maximum Gasteiger partial charge on any atom is 0.0892 e. The topological polar surface area (TPSA) is 42.2 Å². The SMILES string of the molecule is CCCCCC(NC)c1cnn2ccncc12. The second kappa shape index (κ2) is 5.77. The minimum atomic E-state index is 0.378. The van der Waals surface area contributed by atoms with Crippen molar-refractivity contribution in [2.45, 2.75) is 38.6 Å². The molecule has 92 valence electrons. The highest BCUT2D eigenvalue weighted by molar-refractivity contribution is 5.53. The maximum absolute atomic E-state index is 4.35. The van der Waals surface area contributed by atoms with Crippen LogP contribution in [-0.2, 0) is 0 Å². The van der Waals surface area contributed by atoms with E-state index in [-0.39, 0.29) is 0 Å². The normalized spacial score (nSPS) is 13.1. The number of nitrogens with one attached hydrogen (secondary N) is 1. The molecule has 0 saturated carbocycles. The number of rotatable bonds is 6. The van der Waals surface area contributed by atoms with Crippen LogP contribution in [0.1, 0.15) is 44.2 Å². The van der Waals surface area contributed by atoms with E-state index in [1.165, 1.54) is 24.8 Å². The first-order valence-electron chi connectivity index (χ1n) is 6.31. The van der Waals surface area contributed by atoms with Crippen LogP contribution in [0.5, 0.6) is 0 Å². The van der Waals surface area contributed by atoms with Crippen molar-refractivity contribution in [3.63, 3.8) is 0 Å². The second-order valence-corrected chi connectivity index (χ2v) is 4.34. The Balaban J connectivity index is 2.18. The highest BCUT2D eigenvalue weighted by Crippen LogP contribution is 2.23. The Labute approximate surface area is 102 Å². The van der Waals surface area contributed by atoms with Crippen LogP contribution in [0, 0.1) is 0 Å². The Morgan fingerprint density at radius 3 is 3.00 bits per heavy atom. The molecule has 0 aliphatic rings. The Hall–Kier alpha value is -1.42. The van der Waals surface area contributed by atoms with Crippen molar-refractivity contribution < 1.29 is 0 Å². The predicted molar refractivity (Wildman–Crippen MR) is 68.9 cm³/mol. The molecule has 1 N–H and O–H groups in total. The van der Waals surface area contributed by atoms with Crippen LogP contribution < -0.4 is 5.32 Å². The van der Waals surface area contributed by atoms with Gasteiger partial charge in [-0.1, -0.05) is 26.2 Å². The van der Waals surface area contributed by atoms with E-state index >= 15 is 0 Å². The van der Waals surface area contributed by atoms with Gasteiger partial charge in [-0.3, -0.25) is 4.98 Å². The molecule has 2 heterocycles. The maximum atomic E-state index is 4.35. The molecule has 0 saturated heterocycles. The number of hydrogen-bond acceptors (Lipinski definition) is 3. The molecule has 2 aromatic rings. The minimum absolute atomic E-state index is 0.378. The van der Waals surface area contributed by atoms with E-state index in [0.717, 1.165) is 11.9 Å². The summed E-state index contributed by atoms with van der Waals surface area (Å²) < 4.78 is 1.88. The molecule has 0 spiro atoms. The van der Waals surface area contributed by atoms with Crippen LogP contribution in [0.2, 0.25) is 0 Å². The molecule has 2 rings (SSSR count). The molecule has 1 unspecified atom stereocenters. The van der Waals surface area contributed by atoms with Gasteiger partial charge >= 0.3 is 0 Å². The predicted octanol–water partition coefficient (Wildman–Crippen LogP) is 2.57. The van der Waals surface area contributed by atoms with Gasteiger partial charge in [0.15, 0.2) is 0 Å². The first kappa shape index (κ1) is 12.0. The van der Waals surface area contributed by atoms with Gasteiger partial charge in [0.25, 0.3) is 0 Å². The highest BCUT2D eigenvalue weighted by atomic mass is 15.2. The first-order valence-corrected chi connectivity index (χ1v) is 6.31. The summed E-state index contributed by atoms with van der Waals surface area (Å²) in [7, 11) is 2.01. The lowest BCUT2D eigenvalue weighted by Gasteiger charge is -2.14. The lowest BCUT2D eigenvalue weighted by atomic mass is 10.0. The third-order valence-corrected chi connectivity index (χ3v) is 3.17. The number of nitrogens with zero attached hydrogens (tertiary/aromatic N) is 3. The molecule has 1 atom stereocenters. The Morgan fingerprint density at radius 2 is 2.24 bits per heavy atom. The quantitative estimate of drug-likeness (QED) is 0.778. The van der Waals surface area contributed by atoms with E-state index in [1.54, 1.807) is 6.20 Å². The van der Waals surface area contributed by atoms with Crippen LogP contribution in [0.25, 0.3) is 5.52 Å². The fourth-order valence-corrected chi connectivity index (χ4v) is 2.18. The van der Waals surface area contributed by atoms with Crippen LogP contribution in [0.3, 0.4) is 0 Å². The highest BCUT2D eigenvalue weighted by Gasteiger charge is 2.14. The van der Waals surface area contributed by atoms with Crippen molar-refractivity contribution in [1.82, 2.24) is 19.9 Å². The second-order valence-electron chi connectivity index (χ2n) is 4.34. The number of fused-ring (bicyclic) bond motifs is 1. The number of aromatic nitrogens is 3. The smallest absolute Gasteiger partial charge is 0.0892 e. The Kier molecular flexibility index (Phi) is 4.09. The van der Waals surface area contributed by atoms with Gasteiger partial charge in [-0.25, -0.2) is 4.52 Å². The van der Waals surface area contributed by atoms with Gasteiger partial charge in [-0.05, 0) is 13.5 Å². The van der Waals surface area contributed by atoms with Crippen molar-refractivity contribution in [3.8, 4) is 0 Å². The standard InChI is InChI=1S/C13H20N4/c1-3-4-5-6-12(14-2)11-9-16-17-8-7-15-10-13(11)17/h7-10,12,14H,3-6H2,1-2H3. The van der Waals surface area contributed by atoms with Crippen LogP contribution in [0.15, 0.2) is 24.8 Å². The molecule has 0 aliphatic heterocycles. The summed E-state index contributed by atoms with van der Waals surface area (Å²) >= 11 is 0. The summed E-state index contributed by atoms with van der Waals surface area (Å²) in [5.41, 5.74) is 2.35. The van der Waals surface area contributed by atoms with E-state index in [9.17, 15) is 0 Å². The monoisotopic (exact) mass is 232 g/mol. The van der Waals surface area contributed by atoms with E-state index in [4.69, 9.17) is 0 Å². The number of unbranched alkanes of at least 4 members (excludes halogenated alkanes) is 2. The summed E-state index contributed by atoms with van der Waals surface area (Å²) in [6.45, 7) is 2.23. The van der Waals surface area contributed by atoms with Crippen molar-refractivity contribution in [2.24, 2.45) is 0 Å². The van der Waals surface area contributed by atoms with Gasteiger partial charge < -0.3 is 5.32 Å². The molecular weight excluding hydrogens is 212 g/mol. The average molecular weight is 232 g/mol. The molecular formula is C13H20N4. The summed E-state index contributed by atoms with van der Waals surface area (Å²) in [5.74, 6) is 0. The first-order chi connectivity index (χ1) is 8.36. The van der Waals surface area contributed by atoms with Gasteiger partial charge in [-0.15, -0.1) is 0 Å². The summed E-state index contributed by atoms with van der Waals surface area (Å²) in [6.07, 6.45) is 12.4. The van der Waals surface area contributed by atoms with E-state index < -0.39 is 0 Å². The van der Waals surface area contributed by atoms with Crippen molar-refractivity contribution in [1.29, 1.82) is 0 Å². The molecule has 0 aliphatic carbocycles. The molecule has 0 fully saturated rings. The average Bonchev–Trinajstić information content (AvgIpc) is 2.79. The third kappa shape index (κ3) is 2.64. The van der Waals surface area contributed by atoms with Crippen molar-refractivity contribution in [3.05, 3.63) is 30.4 Å². The molecule has 2 aromatic heterocycles. The molecule has 0 aromatic carbocycles. The van der Waals surface area contributed by atoms with Crippen LogP contribution in [-0.4, -0.2) is 21.6 Å². The molecule has 0 amide bonds. The van der Waals surface area contributed by atoms with Crippen LogP contribution in [0.4, 0.5) is 0 Å². The fourth-order valence-electron chi connectivity index (χ4n) is 2.18. The molecule has 4 nitrogen and oxygen atoms in total. The van der Waals surface area contributed by atoms with Crippen molar-refractivity contribution in [2.75, 3.05) is 7.05 Å². The molecule has 4 heteroatoms. The molecule has 0 bridgehead atoms. The molecule has 17 heavy (non-hydrogen) atoms. The lowest BCUT2D eigenvalue weighted by Crippen LogP contribution is -2.16. The van der Waals surface area contributed by atoms with E-state index in [1.807, 2.05) is 30.2 Å². The zero-order chi connectivity index (χ0) is 12.1. The van der Waals surface area contributed by atoms with Gasteiger partial charge in [-0.2, -0.15) is 5.10 Å². The molecule has 0 radical (unpaired) electrons. The van der Waals surface area contributed by atoms with E-state index in [2.05, 4.69) is 22.3 Å². The van der Waals surface area contributed by atoms with E-state index in [0.29, 0.717) is 6.04 Å². The fraction of sp³-hybridized carbons (Fsp3) is 0.538. The third-order valence-electron chi connectivity index (χ3n) is 3.17. The number of hydrogen-bond donors (Lipinski definition) is 1. The Bertz CT molecular complexity index is 463.